The van der Waals surface area contributed by atoms with Gasteiger partial charge >= 0.3 is 5.63 Å². The summed E-state index contributed by atoms with van der Waals surface area (Å²) in [7, 11) is 0. The number of fused-ring (bicyclic) bond motifs is 3. The Morgan fingerprint density at radius 1 is 1.12 bits per heavy atom. The highest BCUT2D eigenvalue weighted by molar-refractivity contribution is 5.98. The average molecular weight is 434 g/mol. The van der Waals surface area contributed by atoms with Crippen LogP contribution in [0.1, 0.15) is 30.4 Å². The van der Waals surface area contributed by atoms with Crippen LogP contribution in [0.15, 0.2) is 57.7 Å². The van der Waals surface area contributed by atoms with Crippen LogP contribution in [0.4, 0.5) is 5.69 Å². The smallest absolute Gasteiger partial charge is 0.360 e. The fraction of sp³-hybridized carbons (Fsp3) is 0.385. The summed E-state index contributed by atoms with van der Waals surface area (Å²) in [5.41, 5.74) is 2.53. The molecule has 1 fully saturated rings. The molecule has 1 saturated heterocycles. The van der Waals surface area contributed by atoms with Gasteiger partial charge in [0.15, 0.2) is 6.54 Å². The summed E-state index contributed by atoms with van der Waals surface area (Å²) >= 11 is 0. The molecule has 0 saturated carbocycles. The number of hydrogen-bond donors (Lipinski definition) is 2. The summed E-state index contributed by atoms with van der Waals surface area (Å²) in [5, 5.41) is 10.6. The minimum Gasteiger partial charge on any atom is -0.508 e. The Morgan fingerprint density at radius 2 is 1.91 bits per heavy atom. The number of carbonyl (C=O) groups is 1. The zero-order chi connectivity index (χ0) is 22.1. The number of likely N-dealkylation sites (tertiary alicyclic amines) is 1. The van der Waals surface area contributed by atoms with Gasteiger partial charge in [-0.2, -0.15) is 0 Å². The fourth-order valence-corrected chi connectivity index (χ4v) is 5.27. The molecule has 32 heavy (non-hydrogen) atoms. The van der Waals surface area contributed by atoms with Crippen molar-refractivity contribution in [1.29, 1.82) is 0 Å². The molecule has 1 aromatic heterocycles. The third-order valence-corrected chi connectivity index (χ3v) is 6.93. The summed E-state index contributed by atoms with van der Waals surface area (Å²) in [4.78, 5) is 28.9. The molecular formula is C26H29N2O4+. The van der Waals surface area contributed by atoms with E-state index in [1.54, 1.807) is 17.0 Å². The van der Waals surface area contributed by atoms with Crippen molar-refractivity contribution in [2.45, 2.75) is 32.1 Å². The number of amides is 1. The van der Waals surface area contributed by atoms with Crippen molar-refractivity contribution in [2.24, 2.45) is 5.92 Å². The zero-order valence-electron chi connectivity index (χ0n) is 18.2. The normalized spacial score (nSPS) is 20.8. The van der Waals surface area contributed by atoms with E-state index in [4.69, 9.17) is 4.42 Å². The fourth-order valence-electron chi connectivity index (χ4n) is 5.27. The molecule has 6 nitrogen and oxygen atoms in total. The number of phenols is 1. The van der Waals surface area contributed by atoms with Gasteiger partial charge in [0.25, 0.3) is 5.91 Å². The zero-order valence-corrected chi connectivity index (χ0v) is 18.2. The minimum absolute atomic E-state index is 0.0192. The number of phenolic OH excluding ortho intramolecular Hbond substituents is 1. The van der Waals surface area contributed by atoms with E-state index in [0.29, 0.717) is 42.1 Å². The van der Waals surface area contributed by atoms with Crippen molar-refractivity contribution in [3.05, 3.63) is 70.1 Å². The predicted octanol–water partition coefficient (Wildman–Crippen LogP) is 2.32. The molecule has 166 valence electrons. The van der Waals surface area contributed by atoms with Crippen molar-refractivity contribution in [2.75, 3.05) is 31.1 Å². The molecular weight excluding hydrogens is 404 g/mol. The second kappa shape index (κ2) is 8.79. The van der Waals surface area contributed by atoms with Gasteiger partial charge in [-0.3, -0.25) is 4.79 Å². The van der Waals surface area contributed by atoms with Crippen molar-refractivity contribution in [1.82, 2.24) is 0 Å². The van der Waals surface area contributed by atoms with Crippen molar-refractivity contribution in [3.63, 3.8) is 0 Å². The number of anilines is 1. The Kier molecular flexibility index (Phi) is 5.70. The lowest BCUT2D eigenvalue weighted by Crippen LogP contribution is -3.14. The third kappa shape index (κ3) is 4.15. The van der Waals surface area contributed by atoms with E-state index in [9.17, 15) is 14.7 Å². The number of piperidine rings is 1. The number of nitrogens with one attached hydrogen (secondary N) is 1. The van der Waals surface area contributed by atoms with E-state index in [-0.39, 0.29) is 11.7 Å². The third-order valence-electron chi connectivity index (χ3n) is 6.93. The van der Waals surface area contributed by atoms with Crippen molar-refractivity contribution >= 4 is 22.6 Å². The Morgan fingerprint density at radius 3 is 2.69 bits per heavy atom. The van der Waals surface area contributed by atoms with E-state index >= 15 is 0 Å². The second-order valence-electron chi connectivity index (χ2n) is 9.11. The molecule has 6 heteroatoms. The molecule has 2 aromatic carbocycles. The Balaban J connectivity index is 1.28. The predicted molar refractivity (Wildman–Crippen MR) is 123 cm³/mol. The summed E-state index contributed by atoms with van der Waals surface area (Å²) < 4.78 is 5.49. The van der Waals surface area contributed by atoms with E-state index in [2.05, 4.69) is 24.3 Å². The minimum atomic E-state index is -0.470. The highest BCUT2D eigenvalue weighted by Crippen LogP contribution is 2.32. The van der Waals surface area contributed by atoms with Crippen LogP contribution < -0.4 is 15.4 Å². The summed E-state index contributed by atoms with van der Waals surface area (Å²) in [6.07, 6.45) is 4.81. The maximum Gasteiger partial charge on any atom is 0.360 e. The topological polar surface area (TPSA) is 75.2 Å². The first-order valence-corrected chi connectivity index (χ1v) is 11.5. The lowest BCUT2D eigenvalue weighted by atomic mass is 9.90. The van der Waals surface area contributed by atoms with Crippen LogP contribution >= 0.6 is 0 Å². The molecule has 0 atom stereocenters. The van der Waals surface area contributed by atoms with Gasteiger partial charge < -0.3 is 19.3 Å². The molecule has 0 radical (unpaired) electrons. The van der Waals surface area contributed by atoms with Crippen LogP contribution in [0.25, 0.3) is 11.0 Å². The maximum absolute atomic E-state index is 13.2. The number of hydrogen-bond acceptors (Lipinski definition) is 4. The first kappa shape index (κ1) is 20.8. The van der Waals surface area contributed by atoms with Crippen LogP contribution in [0.3, 0.4) is 0 Å². The second-order valence-corrected chi connectivity index (χ2v) is 9.11. The molecule has 5 rings (SSSR count). The van der Waals surface area contributed by atoms with Crippen LogP contribution in [0.5, 0.6) is 5.75 Å². The van der Waals surface area contributed by atoms with Crippen LogP contribution in [0.2, 0.25) is 0 Å². The Hall–Kier alpha value is -3.12. The molecule has 0 bridgehead atoms. The highest BCUT2D eigenvalue weighted by Gasteiger charge is 2.32. The first-order valence-electron chi connectivity index (χ1n) is 11.5. The Bertz CT molecular complexity index is 1180. The van der Waals surface area contributed by atoms with Gasteiger partial charge in [-0.25, -0.2) is 4.79 Å². The van der Waals surface area contributed by atoms with Crippen LogP contribution in [-0.2, 0) is 17.6 Å². The molecule has 1 amide bonds. The summed E-state index contributed by atoms with van der Waals surface area (Å²) in [6, 6.07) is 15.3. The lowest BCUT2D eigenvalue weighted by Gasteiger charge is -2.32. The molecule has 2 aliphatic rings. The standard InChI is InChI=1S/C26H28N2O4/c29-20-8-9-23-22(16-20)21-7-4-12-28(25(21)26(31)32-23)24(30)17-27-13-10-19(11-14-27)15-18-5-2-1-3-6-18/h1-3,5-6,8-9,16,19,29H,4,7,10-15,17H2/p+1. The summed E-state index contributed by atoms with van der Waals surface area (Å²) in [5.74, 6) is 0.770. The largest absolute Gasteiger partial charge is 0.508 e. The first-order chi connectivity index (χ1) is 15.6. The van der Waals surface area contributed by atoms with Crippen LogP contribution in [-0.4, -0.2) is 37.2 Å². The number of nitrogens with zero attached hydrogens (tertiary/aromatic N) is 1. The number of aromatic hydroxyl groups is 1. The molecule has 3 aromatic rings. The van der Waals surface area contributed by atoms with Crippen molar-refractivity contribution in [3.8, 4) is 5.75 Å². The van der Waals surface area contributed by atoms with E-state index in [1.165, 1.54) is 16.5 Å². The highest BCUT2D eigenvalue weighted by atomic mass is 16.4. The van der Waals surface area contributed by atoms with Gasteiger partial charge in [-0.1, -0.05) is 30.3 Å². The summed E-state index contributed by atoms with van der Waals surface area (Å²) in [6.45, 7) is 2.88. The van der Waals surface area contributed by atoms with Gasteiger partial charge in [0.05, 0.1) is 13.1 Å². The van der Waals surface area contributed by atoms with E-state index < -0.39 is 5.63 Å². The Labute approximate surface area is 187 Å². The van der Waals surface area contributed by atoms with E-state index in [1.807, 2.05) is 6.07 Å². The lowest BCUT2D eigenvalue weighted by molar-refractivity contribution is -0.898. The number of carbonyl (C=O) groups excluding carboxylic acids is 1. The van der Waals surface area contributed by atoms with Crippen molar-refractivity contribution < 1.29 is 19.2 Å². The quantitative estimate of drug-likeness (QED) is 0.620. The monoisotopic (exact) mass is 433 g/mol. The van der Waals surface area contributed by atoms with E-state index in [0.717, 1.165) is 44.3 Å². The number of rotatable bonds is 4. The number of aryl methyl sites for hydroxylation is 1. The van der Waals surface area contributed by atoms with Gasteiger partial charge in [0.2, 0.25) is 0 Å². The molecule has 0 spiro atoms. The van der Waals surface area contributed by atoms with Gasteiger partial charge in [-0.15, -0.1) is 0 Å². The van der Waals surface area contributed by atoms with Gasteiger partial charge in [-0.05, 0) is 67.3 Å². The average Bonchev–Trinajstić information content (AvgIpc) is 2.81. The molecule has 2 aliphatic heterocycles. The molecule has 2 N–H and O–H groups in total. The molecule has 0 aliphatic carbocycles. The number of benzene rings is 2. The van der Waals surface area contributed by atoms with Gasteiger partial charge in [0, 0.05) is 11.9 Å². The maximum atomic E-state index is 13.2. The number of quaternary nitrogens is 1. The SMILES string of the molecule is O=C(C[NH+]1CCC(Cc2ccccc2)CC1)N1CCCc2c1c(=O)oc1ccc(O)cc21. The van der Waals surface area contributed by atoms with Crippen LogP contribution in [0, 0.1) is 5.92 Å². The molecule has 3 heterocycles. The molecule has 0 unspecified atom stereocenters. The van der Waals surface area contributed by atoms with Gasteiger partial charge in [0.1, 0.15) is 17.0 Å².